The van der Waals surface area contributed by atoms with Gasteiger partial charge in [0.1, 0.15) is 0 Å². The highest BCUT2D eigenvalue weighted by molar-refractivity contribution is 6.29. The van der Waals surface area contributed by atoms with Crippen molar-refractivity contribution in [3.05, 3.63) is 11.6 Å². The first-order chi connectivity index (χ1) is 5.92. The van der Waals surface area contributed by atoms with Gasteiger partial charge in [-0.25, -0.2) is 0 Å². The van der Waals surface area contributed by atoms with Gasteiger partial charge in [-0.05, 0) is 11.8 Å². The molecule has 1 rings (SSSR count). The van der Waals surface area contributed by atoms with Crippen molar-refractivity contribution >= 4 is 11.6 Å². The first kappa shape index (κ1) is 11.0. The van der Waals surface area contributed by atoms with Gasteiger partial charge in [-0.15, -0.1) is 0 Å². The van der Waals surface area contributed by atoms with Crippen molar-refractivity contribution < 1.29 is 0 Å². The fourth-order valence-electron chi connectivity index (χ4n) is 1.86. The van der Waals surface area contributed by atoms with E-state index in [1.165, 1.54) is 0 Å². The maximum Gasteiger partial charge on any atom is 0.0335 e. The lowest BCUT2D eigenvalue weighted by atomic mass is 9.80. The average Bonchev–Trinajstić information content (AvgIpc) is 1.95. The molecule has 13 heavy (non-hydrogen) atoms. The van der Waals surface area contributed by atoms with Crippen molar-refractivity contribution in [2.24, 2.45) is 11.1 Å². The molecule has 1 atom stereocenters. The van der Waals surface area contributed by atoms with Crippen LogP contribution in [0.5, 0.6) is 0 Å². The molecule has 1 saturated heterocycles. The molecule has 0 aliphatic carbocycles. The Morgan fingerprint density at radius 1 is 1.69 bits per heavy atom. The molecule has 2 nitrogen and oxygen atoms in total. The van der Waals surface area contributed by atoms with E-state index in [1.54, 1.807) is 0 Å². The molecule has 0 radical (unpaired) electrons. The largest absolute Gasteiger partial charge is 0.327 e. The third-order valence-corrected chi connectivity index (χ3v) is 2.91. The maximum atomic E-state index is 6.02. The summed E-state index contributed by atoms with van der Waals surface area (Å²) >= 11 is 5.77. The summed E-state index contributed by atoms with van der Waals surface area (Å²) in [7, 11) is 0. The Kier molecular flexibility index (Phi) is 3.38. The summed E-state index contributed by atoms with van der Waals surface area (Å²) in [6, 6.07) is 0.312. The highest BCUT2D eigenvalue weighted by Gasteiger charge is 2.33. The predicted octanol–water partition coefficient (Wildman–Crippen LogP) is 1.80. The Bertz CT molecular complexity index is 201. The topological polar surface area (TPSA) is 29.3 Å². The SMILES string of the molecule is C=C(Cl)CN1CCC(N)C(C)(C)C1. The van der Waals surface area contributed by atoms with Crippen LogP contribution in [0.25, 0.3) is 0 Å². The summed E-state index contributed by atoms with van der Waals surface area (Å²) in [6.45, 7) is 11.0. The van der Waals surface area contributed by atoms with Crippen LogP contribution in [0, 0.1) is 5.41 Å². The quantitative estimate of drug-likeness (QED) is 0.740. The van der Waals surface area contributed by atoms with E-state index in [0.29, 0.717) is 11.1 Å². The van der Waals surface area contributed by atoms with Crippen molar-refractivity contribution in [2.45, 2.75) is 26.3 Å². The van der Waals surface area contributed by atoms with Gasteiger partial charge in [0, 0.05) is 30.7 Å². The van der Waals surface area contributed by atoms with Crippen molar-refractivity contribution in [2.75, 3.05) is 19.6 Å². The van der Waals surface area contributed by atoms with Crippen molar-refractivity contribution in [1.29, 1.82) is 0 Å². The van der Waals surface area contributed by atoms with Crippen LogP contribution in [-0.4, -0.2) is 30.6 Å². The number of hydrogen-bond acceptors (Lipinski definition) is 2. The second-order valence-corrected chi connectivity index (χ2v) is 5.15. The molecule has 1 heterocycles. The predicted molar refractivity (Wildman–Crippen MR) is 57.8 cm³/mol. The van der Waals surface area contributed by atoms with Crippen molar-refractivity contribution in [1.82, 2.24) is 4.90 Å². The van der Waals surface area contributed by atoms with E-state index in [0.717, 1.165) is 26.1 Å². The van der Waals surface area contributed by atoms with E-state index in [1.807, 2.05) is 0 Å². The average molecular weight is 203 g/mol. The molecule has 1 unspecified atom stereocenters. The first-order valence-corrected chi connectivity index (χ1v) is 5.11. The van der Waals surface area contributed by atoms with Crippen LogP contribution in [0.2, 0.25) is 0 Å². The number of nitrogens with two attached hydrogens (primary N) is 1. The standard InChI is InChI=1S/C10H19ClN2/c1-8(11)6-13-5-4-9(12)10(2,3)7-13/h9H,1,4-7,12H2,2-3H3. The van der Waals surface area contributed by atoms with Gasteiger partial charge in [0.15, 0.2) is 0 Å². The Labute approximate surface area is 85.7 Å². The minimum atomic E-state index is 0.199. The Hall–Kier alpha value is -0.0500. The number of hydrogen-bond donors (Lipinski definition) is 1. The van der Waals surface area contributed by atoms with Gasteiger partial charge in [0.2, 0.25) is 0 Å². The number of likely N-dealkylation sites (tertiary alicyclic amines) is 1. The van der Waals surface area contributed by atoms with Crippen LogP contribution in [0.15, 0.2) is 11.6 Å². The molecular formula is C10H19ClN2. The third-order valence-electron chi connectivity index (χ3n) is 2.79. The summed E-state index contributed by atoms with van der Waals surface area (Å²) in [6.07, 6.45) is 1.05. The maximum absolute atomic E-state index is 6.02. The van der Waals surface area contributed by atoms with E-state index in [2.05, 4.69) is 25.3 Å². The lowest BCUT2D eigenvalue weighted by Crippen LogP contribution is -2.52. The van der Waals surface area contributed by atoms with Gasteiger partial charge in [-0.3, -0.25) is 4.90 Å². The van der Waals surface area contributed by atoms with Crippen LogP contribution in [0.1, 0.15) is 20.3 Å². The number of rotatable bonds is 2. The summed E-state index contributed by atoms with van der Waals surface area (Å²) in [5.41, 5.74) is 6.22. The molecule has 0 spiro atoms. The summed E-state index contributed by atoms with van der Waals surface area (Å²) in [5, 5.41) is 0.714. The Morgan fingerprint density at radius 3 is 2.77 bits per heavy atom. The Morgan fingerprint density at radius 2 is 2.31 bits per heavy atom. The lowest BCUT2D eigenvalue weighted by Gasteiger charge is -2.42. The van der Waals surface area contributed by atoms with Gasteiger partial charge < -0.3 is 5.73 Å². The smallest absolute Gasteiger partial charge is 0.0335 e. The molecule has 76 valence electrons. The molecule has 0 aromatic carbocycles. The van der Waals surface area contributed by atoms with Crippen LogP contribution in [0.3, 0.4) is 0 Å². The molecule has 0 aromatic heterocycles. The van der Waals surface area contributed by atoms with Gasteiger partial charge >= 0.3 is 0 Å². The Balaban J connectivity index is 2.50. The normalized spacial score (nSPS) is 28.8. The fraction of sp³-hybridized carbons (Fsp3) is 0.800. The third kappa shape index (κ3) is 2.97. The lowest BCUT2D eigenvalue weighted by molar-refractivity contribution is 0.105. The molecule has 1 fully saturated rings. The van der Waals surface area contributed by atoms with Crippen LogP contribution in [0.4, 0.5) is 0 Å². The fourth-order valence-corrected chi connectivity index (χ4v) is 2.03. The first-order valence-electron chi connectivity index (χ1n) is 4.73. The van der Waals surface area contributed by atoms with Gasteiger partial charge in [-0.2, -0.15) is 0 Å². The molecule has 0 bridgehead atoms. The molecule has 0 aromatic rings. The van der Waals surface area contributed by atoms with E-state index >= 15 is 0 Å². The molecular weight excluding hydrogens is 184 g/mol. The van der Waals surface area contributed by atoms with Crippen LogP contribution >= 0.6 is 11.6 Å². The van der Waals surface area contributed by atoms with Crippen molar-refractivity contribution in [3.63, 3.8) is 0 Å². The van der Waals surface area contributed by atoms with E-state index < -0.39 is 0 Å². The molecule has 0 saturated carbocycles. The minimum Gasteiger partial charge on any atom is -0.327 e. The zero-order valence-electron chi connectivity index (χ0n) is 8.52. The van der Waals surface area contributed by atoms with Gasteiger partial charge in [0.25, 0.3) is 0 Å². The highest BCUT2D eigenvalue weighted by Crippen LogP contribution is 2.27. The summed E-state index contributed by atoms with van der Waals surface area (Å²) < 4.78 is 0. The van der Waals surface area contributed by atoms with Crippen LogP contribution < -0.4 is 5.73 Å². The van der Waals surface area contributed by atoms with Gasteiger partial charge in [0.05, 0.1) is 0 Å². The highest BCUT2D eigenvalue weighted by atomic mass is 35.5. The molecule has 2 N–H and O–H groups in total. The second-order valence-electron chi connectivity index (χ2n) is 4.61. The molecule has 1 aliphatic rings. The molecule has 1 aliphatic heterocycles. The number of nitrogens with zero attached hydrogens (tertiary/aromatic N) is 1. The monoisotopic (exact) mass is 202 g/mol. The second kappa shape index (κ2) is 3.99. The molecule has 3 heteroatoms. The zero-order chi connectivity index (χ0) is 10.1. The van der Waals surface area contributed by atoms with Crippen molar-refractivity contribution in [3.8, 4) is 0 Å². The molecule has 0 amide bonds. The van der Waals surface area contributed by atoms with Crippen LogP contribution in [-0.2, 0) is 0 Å². The summed E-state index contributed by atoms with van der Waals surface area (Å²) in [5.74, 6) is 0. The minimum absolute atomic E-state index is 0.199. The van der Waals surface area contributed by atoms with E-state index in [-0.39, 0.29) is 5.41 Å². The number of piperidine rings is 1. The zero-order valence-corrected chi connectivity index (χ0v) is 9.27. The summed E-state index contributed by atoms with van der Waals surface area (Å²) in [4.78, 5) is 2.32. The number of halogens is 1. The van der Waals surface area contributed by atoms with E-state index in [4.69, 9.17) is 17.3 Å². The van der Waals surface area contributed by atoms with E-state index in [9.17, 15) is 0 Å². The van der Waals surface area contributed by atoms with Gasteiger partial charge in [-0.1, -0.05) is 32.0 Å².